The highest BCUT2D eigenvalue weighted by molar-refractivity contribution is 5.75. The van der Waals surface area contributed by atoms with Gasteiger partial charge in [-0.05, 0) is 18.6 Å². The van der Waals surface area contributed by atoms with Crippen molar-refractivity contribution in [3.63, 3.8) is 0 Å². The van der Waals surface area contributed by atoms with E-state index in [4.69, 9.17) is 0 Å². The Morgan fingerprint density at radius 1 is 1.20 bits per heavy atom. The monoisotopic (exact) mass is 424 g/mol. The van der Waals surface area contributed by atoms with Gasteiger partial charge in [-0.15, -0.1) is 0 Å². The molecule has 2 rings (SSSR count). The fraction of sp³-hybridized carbons (Fsp3) is 0.368. The lowest BCUT2D eigenvalue weighted by Crippen LogP contribution is -2.23. The number of unbranched alkanes of at least 4 members (excludes halogenated alkanes) is 1. The molecule has 0 aliphatic rings. The van der Waals surface area contributed by atoms with E-state index in [-0.39, 0.29) is 23.2 Å². The van der Waals surface area contributed by atoms with Crippen molar-refractivity contribution in [2.45, 2.75) is 32.4 Å². The highest BCUT2D eigenvalue weighted by atomic mass is 19.4. The van der Waals surface area contributed by atoms with Crippen molar-refractivity contribution in [1.29, 1.82) is 0 Å². The molecule has 0 saturated carbocycles. The summed E-state index contributed by atoms with van der Waals surface area (Å²) in [6.45, 7) is 0.917. The molecule has 0 aliphatic heterocycles. The van der Waals surface area contributed by atoms with E-state index in [1.54, 1.807) is 6.92 Å². The molecule has 30 heavy (non-hydrogen) atoms. The van der Waals surface area contributed by atoms with Gasteiger partial charge in [-0.3, -0.25) is 4.79 Å². The molecule has 0 fully saturated rings. The number of rotatable bonds is 8. The van der Waals surface area contributed by atoms with E-state index in [0.29, 0.717) is 31.5 Å². The molecule has 0 unspecified atom stereocenters. The number of aromatic nitrogens is 3. The number of alkyl halides is 3. The molecule has 160 valence electrons. The predicted molar refractivity (Wildman–Crippen MR) is 103 cm³/mol. The van der Waals surface area contributed by atoms with Crippen LogP contribution in [0.5, 0.6) is 0 Å². The number of anilines is 3. The SMILES string of the molecule is CCC(=O)NCCCC#Cc1cnc(Nc2ccc(F)nc2)nc1NCC(F)(F)F. The average molecular weight is 424 g/mol. The van der Waals surface area contributed by atoms with Crippen LogP contribution in [-0.2, 0) is 4.79 Å². The van der Waals surface area contributed by atoms with Crippen molar-refractivity contribution in [2.75, 3.05) is 23.7 Å². The van der Waals surface area contributed by atoms with Crippen LogP contribution in [0.2, 0.25) is 0 Å². The molecule has 0 aromatic carbocycles. The van der Waals surface area contributed by atoms with Gasteiger partial charge in [0.25, 0.3) is 0 Å². The summed E-state index contributed by atoms with van der Waals surface area (Å²) >= 11 is 0. The quantitative estimate of drug-likeness (QED) is 0.260. The minimum absolute atomic E-state index is 0.000843. The topological polar surface area (TPSA) is 91.8 Å². The first-order valence-electron chi connectivity index (χ1n) is 9.08. The largest absolute Gasteiger partial charge is 0.405 e. The summed E-state index contributed by atoms with van der Waals surface area (Å²) < 4.78 is 50.7. The summed E-state index contributed by atoms with van der Waals surface area (Å²) in [5.41, 5.74) is 0.561. The Hall–Kier alpha value is -3.42. The maximum Gasteiger partial charge on any atom is 0.405 e. The van der Waals surface area contributed by atoms with Gasteiger partial charge in [-0.2, -0.15) is 22.5 Å². The van der Waals surface area contributed by atoms with Crippen molar-refractivity contribution in [3.8, 4) is 11.8 Å². The van der Waals surface area contributed by atoms with Crippen LogP contribution >= 0.6 is 0 Å². The number of hydrogen-bond donors (Lipinski definition) is 3. The Kier molecular flexibility index (Phi) is 8.34. The molecular weight excluding hydrogens is 404 g/mol. The number of pyridine rings is 1. The molecule has 3 N–H and O–H groups in total. The lowest BCUT2D eigenvalue weighted by atomic mass is 10.2. The van der Waals surface area contributed by atoms with Crippen molar-refractivity contribution in [3.05, 3.63) is 36.0 Å². The van der Waals surface area contributed by atoms with E-state index in [1.165, 1.54) is 18.5 Å². The van der Waals surface area contributed by atoms with Crippen molar-refractivity contribution in [2.24, 2.45) is 0 Å². The maximum atomic E-state index is 12.9. The zero-order valence-electron chi connectivity index (χ0n) is 16.1. The van der Waals surface area contributed by atoms with Gasteiger partial charge >= 0.3 is 6.18 Å². The number of halogens is 4. The lowest BCUT2D eigenvalue weighted by Gasteiger charge is -2.12. The standard InChI is InChI=1S/C19H20F4N6O/c1-2-16(30)24-9-5-3-4-6-13-10-26-18(28-14-7-8-15(20)25-11-14)29-17(13)27-12-19(21,22)23/h7-8,10-11H,2-3,5,9,12H2,1H3,(H,24,30)(H2,26,27,28,29). The molecule has 7 nitrogen and oxygen atoms in total. The molecular formula is C19H20F4N6O. The van der Waals surface area contributed by atoms with E-state index in [9.17, 15) is 22.4 Å². The maximum absolute atomic E-state index is 12.9. The van der Waals surface area contributed by atoms with Crippen LogP contribution in [0.1, 0.15) is 31.7 Å². The summed E-state index contributed by atoms with van der Waals surface area (Å²) in [6.07, 6.45) is -0.525. The van der Waals surface area contributed by atoms with Crippen LogP contribution in [0, 0.1) is 17.8 Å². The third-order valence-electron chi connectivity index (χ3n) is 3.57. The molecule has 0 spiro atoms. The average Bonchev–Trinajstić information content (AvgIpc) is 2.71. The molecule has 0 atom stereocenters. The van der Waals surface area contributed by atoms with E-state index in [2.05, 4.69) is 42.7 Å². The Labute approximate surface area is 170 Å². The number of hydrogen-bond acceptors (Lipinski definition) is 6. The summed E-state index contributed by atoms with van der Waals surface area (Å²) in [6, 6.07) is 2.51. The first-order chi connectivity index (χ1) is 14.3. The van der Waals surface area contributed by atoms with E-state index >= 15 is 0 Å². The third kappa shape index (κ3) is 8.30. The number of amides is 1. The summed E-state index contributed by atoms with van der Waals surface area (Å²) in [5, 5.41) is 7.65. The van der Waals surface area contributed by atoms with Gasteiger partial charge in [-0.1, -0.05) is 18.8 Å². The van der Waals surface area contributed by atoms with Gasteiger partial charge in [0.1, 0.15) is 12.4 Å². The highest BCUT2D eigenvalue weighted by Gasteiger charge is 2.27. The Bertz CT molecular complexity index is 906. The number of nitrogens with one attached hydrogen (secondary N) is 3. The molecule has 0 aliphatic carbocycles. The molecule has 11 heteroatoms. The van der Waals surface area contributed by atoms with Crippen LogP contribution in [0.3, 0.4) is 0 Å². The second-order valence-electron chi connectivity index (χ2n) is 6.03. The van der Waals surface area contributed by atoms with Gasteiger partial charge in [0.15, 0.2) is 0 Å². The lowest BCUT2D eigenvalue weighted by molar-refractivity contribution is -0.120. The van der Waals surface area contributed by atoms with Crippen molar-refractivity contribution >= 4 is 23.4 Å². The summed E-state index contributed by atoms with van der Waals surface area (Å²) in [7, 11) is 0. The van der Waals surface area contributed by atoms with Gasteiger partial charge in [0.05, 0.1) is 23.6 Å². The molecule has 2 heterocycles. The van der Waals surface area contributed by atoms with E-state index in [1.807, 2.05) is 0 Å². The van der Waals surface area contributed by atoms with E-state index in [0.717, 1.165) is 6.07 Å². The van der Waals surface area contributed by atoms with Gasteiger partial charge in [0.2, 0.25) is 17.8 Å². The first kappa shape index (κ1) is 22.9. The van der Waals surface area contributed by atoms with Crippen LogP contribution in [0.25, 0.3) is 0 Å². The predicted octanol–water partition coefficient (Wildman–Crippen LogP) is 3.39. The summed E-state index contributed by atoms with van der Waals surface area (Å²) in [4.78, 5) is 22.7. The van der Waals surface area contributed by atoms with Crippen LogP contribution in [-0.4, -0.2) is 40.1 Å². The number of nitrogens with zero attached hydrogens (tertiary/aromatic N) is 3. The Morgan fingerprint density at radius 2 is 2.00 bits per heavy atom. The van der Waals surface area contributed by atoms with Crippen LogP contribution in [0.4, 0.5) is 35.0 Å². The van der Waals surface area contributed by atoms with E-state index < -0.39 is 18.7 Å². The molecule has 0 saturated heterocycles. The Morgan fingerprint density at radius 3 is 2.67 bits per heavy atom. The van der Waals surface area contributed by atoms with Gasteiger partial charge in [0, 0.05) is 19.4 Å². The fourth-order valence-electron chi connectivity index (χ4n) is 2.12. The normalized spacial score (nSPS) is 10.7. The second kappa shape index (κ2) is 10.9. The van der Waals surface area contributed by atoms with Crippen LogP contribution in [0.15, 0.2) is 24.5 Å². The second-order valence-corrected chi connectivity index (χ2v) is 6.03. The smallest absolute Gasteiger partial charge is 0.360 e. The third-order valence-corrected chi connectivity index (χ3v) is 3.57. The van der Waals surface area contributed by atoms with Gasteiger partial charge in [-0.25, -0.2) is 9.97 Å². The molecule has 0 radical (unpaired) electrons. The van der Waals surface area contributed by atoms with Crippen molar-refractivity contribution < 1.29 is 22.4 Å². The molecule has 2 aromatic rings. The zero-order valence-corrected chi connectivity index (χ0v) is 16.1. The highest BCUT2D eigenvalue weighted by Crippen LogP contribution is 2.20. The molecule has 2 aromatic heterocycles. The molecule has 1 amide bonds. The fourth-order valence-corrected chi connectivity index (χ4v) is 2.12. The first-order valence-corrected chi connectivity index (χ1v) is 9.08. The van der Waals surface area contributed by atoms with Crippen molar-refractivity contribution in [1.82, 2.24) is 20.3 Å². The minimum atomic E-state index is -4.44. The van der Waals surface area contributed by atoms with Gasteiger partial charge < -0.3 is 16.0 Å². The number of carbonyl (C=O) groups excluding carboxylic acids is 1. The summed E-state index contributed by atoms with van der Waals surface area (Å²) in [5.74, 6) is 4.75. The van der Waals surface area contributed by atoms with Crippen LogP contribution < -0.4 is 16.0 Å². The number of carbonyl (C=O) groups is 1. The molecule has 0 bridgehead atoms. The minimum Gasteiger partial charge on any atom is -0.360 e. The Balaban J connectivity index is 2.08. The zero-order chi connectivity index (χ0) is 22.0.